The van der Waals surface area contributed by atoms with E-state index in [1.54, 1.807) is 23.3 Å². The third-order valence-corrected chi connectivity index (χ3v) is 6.02. The SMILES string of the molecule is CN(Cc1cc(Br)cs1)C(=O)NCc1cccc(CN2CCCC2=O)c1. The van der Waals surface area contributed by atoms with Gasteiger partial charge in [-0.05, 0) is 39.5 Å². The molecule has 0 unspecified atom stereocenters. The summed E-state index contributed by atoms with van der Waals surface area (Å²) < 4.78 is 1.04. The quantitative estimate of drug-likeness (QED) is 0.745. The van der Waals surface area contributed by atoms with Crippen LogP contribution in [0.25, 0.3) is 0 Å². The van der Waals surface area contributed by atoms with Gasteiger partial charge in [0.2, 0.25) is 5.91 Å². The van der Waals surface area contributed by atoms with Crippen molar-refractivity contribution in [3.8, 4) is 0 Å². The number of hydrogen-bond donors (Lipinski definition) is 1. The Labute approximate surface area is 166 Å². The van der Waals surface area contributed by atoms with Crippen LogP contribution in [0.4, 0.5) is 4.79 Å². The third-order valence-electron chi connectivity index (χ3n) is 4.34. The first-order valence-electron chi connectivity index (χ1n) is 8.59. The minimum Gasteiger partial charge on any atom is -0.338 e. The lowest BCUT2D eigenvalue weighted by Gasteiger charge is -2.18. The predicted molar refractivity (Wildman–Crippen MR) is 107 cm³/mol. The van der Waals surface area contributed by atoms with Gasteiger partial charge in [-0.3, -0.25) is 4.79 Å². The van der Waals surface area contributed by atoms with E-state index >= 15 is 0 Å². The number of rotatable bonds is 6. The normalized spacial score (nSPS) is 13.9. The van der Waals surface area contributed by atoms with Gasteiger partial charge in [0, 0.05) is 47.8 Å². The van der Waals surface area contributed by atoms with Gasteiger partial charge in [0.05, 0.1) is 6.54 Å². The average molecular weight is 436 g/mol. The number of amides is 3. The Bertz CT molecular complexity index is 793. The Hall–Kier alpha value is -1.86. The highest BCUT2D eigenvalue weighted by molar-refractivity contribution is 9.10. The van der Waals surface area contributed by atoms with Crippen LogP contribution >= 0.6 is 27.3 Å². The van der Waals surface area contributed by atoms with Crippen LogP contribution in [-0.2, 0) is 24.4 Å². The lowest BCUT2D eigenvalue weighted by molar-refractivity contribution is -0.128. The summed E-state index contributed by atoms with van der Waals surface area (Å²) in [5.74, 6) is 0.227. The van der Waals surface area contributed by atoms with Crippen LogP contribution < -0.4 is 5.32 Å². The topological polar surface area (TPSA) is 52.7 Å². The Morgan fingerprint density at radius 1 is 1.35 bits per heavy atom. The Morgan fingerprint density at radius 2 is 2.15 bits per heavy atom. The van der Waals surface area contributed by atoms with E-state index in [-0.39, 0.29) is 11.9 Å². The van der Waals surface area contributed by atoms with Crippen LogP contribution in [0, 0.1) is 0 Å². The molecular formula is C19H22BrN3O2S. The fourth-order valence-electron chi connectivity index (χ4n) is 2.98. The molecule has 0 atom stereocenters. The number of thiophene rings is 1. The fraction of sp³-hybridized carbons (Fsp3) is 0.368. The van der Waals surface area contributed by atoms with Crippen molar-refractivity contribution in [1.82, 2.24) is 15.1 Å². The van der Waals surface area contributed by atoms with Crippen molar-refractivity contribution >= 4 is 39.2 Å². The van der Waals surface area contributed by atoms with E-state index < -0.39 is 0 Å². The molecule has 1 N–H and O–H groups in total. The number of nitrogens with one attached hydrogen (secondary N) is 1. The average Bonchev–Trinajstić information content (AvgIpc) is 3.21. The van der Waals surface area contributed by atoms with E-state index in [4.69, 9.17) is 0 Å². The van der Waals surface area contributed by atoms with Crippen LogP contribution in [0.2, 0.25) is 0 Å². The van der Waals surface area contributed by atoms with E-state index in [1.807, 2.05) is 34.5 Å². The highest BCUT2D eigenvalue weighted by atomic mass is 79.9. The summed E-state index contributed by atoms with van der Waals surface area (Å²) in [4.78, 5) is 28.8. The molecule has 0 radical (unpaired) electrons. The van der Waals surface area contributed by atoms with Crippen molar-refractivity contribution in [1.29, 1.82) is 0 Å². The summed E-state index contributed by atoms with van der Waals surface area (Å²) >= 11 is 5.05. The predicted octanol–water partition coefficient (Wildman–Crippen LogP) is 3.97. The van der Waals surface area contributed by atoms with Gasteiger partial charge in [0.15, 0.2) is 0 Å². The molecule has 0 saturated carbocycles. The summed E-state index contributed by atoms with van der Waals surface area (Å²) in [6.45, 7) is 2.54. The molecule has 1 fully saturated rings. The molecule has 3 rings (SSSR count). The van der Waals surface area contributed by atoms with Crippen LogP contribution in [0.15, 0.2) is 40.2 Å². The molecule has 5 nitrogen and oxygen atoms in total. The van der Waals surface area contributed by atoms with Crippen LogP contribution in [-0.4, -0.2) is 35.3 Å². The molecule has 1 aromatic carbocycles. The minimum absolute atomic E-state index is 0.102. The van der Waals surface area contributed by atoms with Crippen molar-refractivity contribution in [2.45, 2.75) is 32.5 Å². The fourth-order valence-corrected chi connectivity index (χ4v) is 4.49. The molecule has 1 aliphatic rings. The lowest BCUT2D eigenvalue weighted by atomic mass is 10.1. The molecule has 7 heteroatoms. The zero-order chi connectivity index (χ0) is 18.5. The summed E-state index contributed by atoms with van der Waals surface area (Å²) in [7, 11) is 1.79. The highest BCUT2D eigenvalue weighted by Gasteiger charge is 2.20. The number of carbonyl (C=O) groups is 2. The van der Waals surface area contributed by atoms with Crippen LogP contribution in [0.3, 0.4) is 0 Å². The molecule has 26 heavy (non-hydrogen) atoms. The molecule has 1 aliphatic heterocycles. The number of hydrogen-bond acceptors (Lipinski definition) is 3. The zero-order valence-electron chi connectivity index (χ0n) is 14.7. The van der Waals surface area contributed by atoms with Crippen molar-refractivity contribution in [3.05, 3.63) is 56.2 Å². The van der Waals surface area contributed by atoms with E-state index in [1.165, 1.54) is 0 Å². The number of nitrogens with zero attached hydrogens (tertiary/aromatic N) is 2. The molecule has 1 saturated heterocycles. The molecule has 2 heterocycles. The monoisotopic (exact) mass is 435 g/mol. The maximum absolute atomic E-state index is 12.3. The summed E-state index contributed by atoms with van der Waals surface area (Å²) in [6.07, 6.45) is 1.60. The second kappa shape index (κ2) is 8.68. The van der Waals surface area contributed by atoms with Gasteiger partial charge in [-0.1, -0.05) is 24.3 Å². The molecule has 0 bridgehead atoms. The molecular weight excluding hydrogens is 414 g/mol. The number of halogens is 1. The van der Waals surface area contributed by atoms with Gasteiger partial charge >= 0.3 is 6.03 Å². The molecule has 0 spiro atoms. The van der Waals surface area contributed by atoms with Crippen molar-refractivity contribution in [2.24, 2.45) is 0 Å². The third kappa shape index (κ3) is 5.08. The van der Waals surface area contributed by atoms with Crippen molar-refractivity contribution in [2.75, 3.05) is 13.6 Å². The molecule has 2 aromatic rings. The smallest absolute Gasteiger partial charge is 0.317 e. The summed E-state index contributed by atoms with van der Waals surface area (Å²) in [6, 6.07) is 9.97. The molecule has 3 amide bonds. The minimum atomic E-state index is -0.102. The van der Waals surface area contributed by atoms with Gasteiger partial charge in [0.25, 0.3) is 0 Å². The number of carbonyl (C=O) groups excluding carboxylic acids is 2. The number of urea groups is 1. The maximum Gasteiger partial charge on any atom is 0.317 e. The Kier molecular flexibility index (Phi) is 6.32. The second-order valence-electron chi connectivity index (χ2n) is 6.48. The highest BCUT2D eigenvalue weighted by Crippen LogP contribution is 2.21. The van der Waals surface area contributed by atoms with E-state index in [0.717, 1.165) is 33.4 Å². The first-order valence-corrected chi connectivity index (χ1v) is 10.3. The first-order chi connectivity index (χ1) is 12.5. The lowest BCUT2D eigenvalue weighted by Crippen LogP contribution is -2.36. The van der Waals surface area contributed by atoms with Crippen LogP contribution in [0.5, 0.6) is 0 Å². The molecule has 0 aliphatic carbocycles. The van der Waals surface area contributed by atoms with E-state index in [2.05, 4.69) is 27.3 Å². The maximum atomic E-state index is 12.3. The summed E-state index contributed by atoms with van der Waals surface area (Å²) in [5, 5.41) is 4.97. The van der Waals surface area contributed by atoms with E-state index in [0.29, 0.717) is 26.1 Å². The zero-order valence-corrected chi connectivity index (χ0v) is 17.1. The first kappa shape index (κ1) is 18.9. The number of benzene rings is 1. The largest absolute Gasteiger partial charge is 0.338 e. The van der Waals surface area contributed by atoms with Gasteiger partial charge < -0.3 is 15.1 Å². The second-order valence-corrected chi connectivity index (χ2v) is 8.40. The van der Waals surface area contributed by atoms with Gasteiger partial charge in [-0.25, -0.2) is 4.79 Å². The van der Waals surface area contributed by atoms with Gasteiger partial charge in [0.1, 0.15) is 0 Å². The van der Waals surface area contributed by atoms with Gasteiger partial charge in [-0.2, -0.15) is 0 Å². The van der Waals surface area contributed by atoms with Crippen LogP contribution in [0.1, 0.15) is 28.8 Å². The molecule has 1 aromatic heterocycles. The Balaban J connectivity index is 1.51. The van der Waals surface area contributed by atoms with Gasteiger partial charge in [-0.15, -0.1) is 11.3 Å². The Morgan fingerprint density at radius 3 is 2.85 bits per heavy atom. The van der Waals surface area contributed by atoms with E-state index in [9.17, 15) is 9.59 Å². The van der Waals surface area contributed by atoms with Crippen molar-refractivity contribution < 1.29 is 9.59 Å². The standard InChI is InChI=1S/C19H22BrN3O2S/c1-22(12-17-9-16(20)13-26-17)19(25)21-10-14-4-2-5-15(8-14)11-23-7-3-6-18(23)24/h2,4-5,8-9,13H,3,6-7,10-12H2,1H3,(H,21,25). The molecule has 138 valence electrons. The van der Waals surface area contributed by atoms with Crippen molar-refractivity contribution in [3.63, 3.8) is 0 Å². The summed E-state index contributed by atoms with van der Waals surface area (Å²) in [5.41, 5.74) is 2.14. The number of likely N-dealkylation sites (tertiary alicyclic amines) is 1.